The van der Waals surface area contributed by atoms with E-state index in [0.29, 0.717) is 17.9 Å². The maximum atomic E-state index is 11.0. The van der Waals surface area contributed by atoms with Gasteiger partial charge in [0.25, 0.3) is 0 Å². The summed E-state index contributed by atoms with van der Waals surface area (Å²) in [7, 11) is 1.57. The Hall–Kier alpha value is -1.23. The number of methoxy groups -OCH3 is 1. The Balaban J connectivity index is 3.21. The van der Waals surface area contributed by atoms with E-state index in [0.717, 1.165) is 10.0 Å². The quantitative estimate of drug-likeness (QED) is 0.867. The molecule has 106 valence electrons. The summed E-state index contributed by atoms with van der Waals surface area (Å²) in [4.78, 5) is 11.0. The molecule has 0 aromatic heterocycles. The standard InChI is InChI=1S/C14H19BrO4/c1-8(2)19-13-10(7-9(3)14(16)17)11(15)5-6-12(13)18-4/h5-6,8-9H,7H2,1-4H3,(H,16,17). The molecule has 1 aromatic rings. The number of rotatable bonds is 6. The van der Waals surface area contributed by atoms with E-state index in [1.54, 1.807) is 20.1 Å². The van der Waals surface area contributed by atoms with Crippen LogP contribution in [0, 0.1) is 5.92 Å². The Labute approximate surface area is 121 Å². The van der Waals surface area contributed by atoms with Crippen LogP contribution in [0.1, 0.15) is 26.3 Å². The summed E-state index contributed by atoms with van der Waals surface area (Å²) in [5.74, 6) is -0.0902. The number of carbonyl (C=O) groups is 1. The minimum Gasteiger partial charge on any atom is -0.493 e. The van der Waals surface area contributed by atoms with Crippen LogP contribution in [-0.4, -0.2) is 24.3 Å². The van der Waals surface area contributed by atoms with Crippen molar-refractivity contribution in [3.05, 3.63) is 22.2 Å². The Morgan fingerprint density at radius 3 is 2.47 bits per heavy atom. The maximum Gasteiger partial charge on any atom is 0.306 e. The molecule has 0 bridgehead atoms. The van der Waals surface area contributed by atoms with Crippen molar-refractivity contribution < 1.29 is 19.4 Å². The van der Waals surface area contributed by atoms with Crippen molar-refractivity contribution in [2.75, 3.05) is 7.11 Å². The third-order valence-corrected chi connectivity index (χ3v) is 3.42. The Kier molecular flexibility index (Phi) is 5.66. The highest BCUT2D eigenvalue weighted by Gasteiger charge is 2.20. The van der Waals surface area contributed by atoms with E-state index in [-0.39, 0.29) is 6.10 Å². The topological polar surface area (TPSA) is 55.8 Å². The molecule has 0 fully saturated rings. The number of halogens is 1. The normalized spacial score (nSPS) is 12.3. The van der Waals surface area contributed by atoms with Crippen LogP contribution in [0.15, 0.2) is 16.6 Å². The van der Waals surface area contributed by atoms with Crippen LogP contribution in [-0.2, 0) is 11.2 Å². The van der Waals surface area contributed by atoms with Gasteiger partial charge in [-0.3, -0.25) is 4.79 Å². The molecule has 1 N–H and O–H groups in total. The predicted molar refractivity (Wildman–Crippen MR) is 77.0 cm³/mol. The molecule has 0 spiro atoms. The second kappa shape index (κ2) is 6.80. The van der Waals surface area contributed by atoms with Crippen LogP contribution in [0.4, 0.5) is 0 Å². The molecule has 4 nitrogen and oxygen atoms in total. The molecule has 19 heavy (non-hydrogen) atoms. The molecule has 0 aliphatic heterocycles. The van der Waals surface area contributed by atoms with Crippen molar-refractivity contribution >= 4 is 21.9 Å². The Morgan fingerprint density at radius 2 is 2.00 bits per heavy atom. The minimum atomic E-state index is -0.829. The van der Waals surface area contributed by atoms with Crippen molar-refractivity contribution in [1.82, 2.24) is 0 Å². The fourth-order valence-electron chi connectivity index (χ4n) is 1.69. The van der Waals surface area contributed by atoms with E-state index in [1.807, 2.05) is 19.9 Å². The number of carboxylic acid groups (broad SMARTS) is 1. The van der Waals surface area contributed by atoms with Gasteiger partial charge in [0.05, 0.1) is 19.1 Å². The smallest absolute Gasteiger partial charge is 0.306 e. The maximum absolute atomic E-state index is 11.0. The zero-order valence-corrected chi connectivity index (χ0v) is 13.2. The van der Waals surface area contributed by atoms with Gasteiger partial charge in [-0.1, -0.05) is 22.9 Å². The molecule has 0 amide bonds. The number of carboxylic acids is 1. The average molecular weight is 331 g/mol. The third-order valence-electron chi connectivity index (χ3n) is 2.67. The van der Waals surface area contributed by atoms with Crippen LogP contribution < -0.4 is 9.47 Å². The first-order valence-electron chi connectivity index (χ1n) is 6.11. The van der Waals surface area contributed by atoms with E-state index in [2.05, 4.69) is 15.9 Å². The minimum absolute atomic E-state index is 0.0120. The average Bonchev–Trinajstić information content (AvgIpc) is 2.33. The molecule has 0 radical (unpaired) electrons. The highest BCUT2D eigenvalue weighted by Crippen LogP contribution is 2.38. The lowest BCUT2D eigenvalue weighted by atomic mass is 10.00. The number of aliphatic carboxylic acids is 1. The van der Waals surface area contributed by atoms with Gasteiger partial charge < -0.3 is 14.6 Å². The predicted octanol–water partition coefficient (Wildman–Crippen LogP) is 3.51. The molecular formula is C14H19BrO4. The Morgan fingerprint density at radius 1 is 1.37 bits per heavy atom. The van der Waals surface area contributed by atoms with Crippen molar-refractivity contribution in [2.45, 2.75) is 33.3 Å². The zero-order valence-electron chi connectivity index (χ0n) is 11.6. The molecular weight excluding hydrogens is 312 g/mol. The van der Waals surface area contributed by atoms with Gasteiger partial charge in [0.2, 0.25) is 0 Å². The Bertz CT molecular complexity index is 457. The van der Waals surface area contributed by atoms with Gasteiger partial charge in [-0.2, -0.15) is 0 Å². The summed E-state index contributed by atoms with van der Waals surface area (Å²) in [6, 6.07) is 3.65. The molecule has 5 heteroatoms. The van der Waals surface area contributed by atoms with E-state index in [1.165, 1.54) is 0 Å². The fraction of sp³-hybridized carbons (Fsp3) is 0.500. The van der Waals surface area contributed by atoms with Gasteiger partial charge >= 0.3 is 5.97 Å². The van der Waals surface area contributed by atoms with Gasteiger partial charge in [-0.25, -0.2) is 0 Å². The van der Waals surface area contributed by atoms with E-state index in [4.69, 9.17) is 14.6 Å². The molecule has 0 aliphatic rings. The largest absolute Gasteiger partial charge is 0.493 e. The van der Waals surface area contributed by atoms with Gasteiger partial charge in [0.15, 0.2) is 11.5 Å². The third kappa shape index (κ3) is 4.13. The first-order chi connectivity index (χ1) is 8.86. The highest BCUT2D eigenvalue weighted by atomic mass is 79.9. The van der Waals surface area contributed by atoms with Gasteiger partial charge in [-0.05, 0) is 32.4 Å². The second-order valence-electron chi connectivity index (χ2n) is 4.67. The first kappa shape index (κ1) is 15.8. The van der Waals surface area contributed by atoms with Crippen LogP contribution in [0.2, 0.25) is 0 Å². The van der Waals surface area contributed by atoms with Crippen LogP contribution >= 0.6 is 15.9 Å². The van der Waals surface area contributed by atoms with E-state index < -0.39 is 11.9 Å². The zero-order chi connectivity index (χ0) is 14.6. The summed E-state index contributed by atoms with van der Waals surface area (Å²) in [6.07, 6.45) is 0.372. The number of benzene rings is 1. The molecule has 0 aliphatic carbocycles. The highest BCUT2D eigenvalue weighted by molar-refractivity contribution is 9.10. The molecule has 1 unspecified atom stereocenters. The van der Waals surface area contributed by atoms with Crippen molar-refractivity contribution in [3.8, 4) is 11.5 Å². The summed E-state index contributed by atoms with van der Waals surface area (Å²) in [5, 5.41) is 9.05. The lowest BCUT2D eigenvalue weighted by molar-refractivity contribution is -0.141. The molecule has 1 atom stereocenters. The van der Waals surface area contributed by atoms with Gasteiger partial charge in [0, 0.05) is 10.0 Å². The molecule has 0 saturated carbocycles. The first-order valence-corrected chi connectivity index (χ1v) is 6.91. The van der Waals surface area contributed by atoms with Crippen molar-refractivity contribution in [1.29, 1.82) is 0 Å². The molecule has 0 saturated heterocycles. The molecule has 1 rings (SSSR count). The molecule has 0 heterocycles. The number of hydrogen-bond acceptors (Lipinski definition) is 3. The summed E-state index contributed by atoms with van der Waals surface area (Å²) >= 11 is 3.45. The van der Waals surface area contributed by atoms with E-state index >= 15 is 0 Å². The molecule has 1 aromatic carbocycles. The van der Waals surface area contributed by atoms with Gasteiger partial charge in [0.1, 0.15) is 0 Å². The number of ether oxygens (including phenoxy) is 2. The van der Waals surface area contributed by atoms with Gasteiger partial charge in [-0.15, -0.1) is 0 Å². The van der Waals surface area contributed by atoms with Crippen LogP contribution in [0.25, 0.3) is 0 Å². The van der Waals surface area contributed by atoms with Crippen molar-refractivity contribution in [3.63, 3.8) is 0 Å². The lowest BCUT2D eigenvalue weighted by Crippen LogP contribution is -2.15. The second-order valence-corrected chi connectivity index (χ2v) is 5.52. The summed E-state index contributed by atoms with van der Waals surface area (Å²) in [5.41, 5.74) is 0.822. The van der Waals surface area contributed by atoms with Crippen LogP contribution in [0.5, 0.6) is 11.5 Å². The lowest BCUT2D eigenvalue weighted by Gasteiger charge is -2.19. The summed E-state index contributed by atoms with van der Waals surface area (Å²) < 4.78 is 11.9. The van der Waals surface area contributed by atoms with E-state index in [9.17, 15) is 4.79 Å². The summed E-state index contributed by atoms with van der Waals surface area (Å²) in [6.45, 7) is 5.52. The van der Waals surface area contributed by atoms with Crippen LogP contribution in [0.3, 0.4) is 0 Å². The number of hydrogen-bond donors (Lipinski definition) is 1. The SMILES string of the molecule is COc1ccc(Br)c(CC(C)C(=O)O)c1OC(C)C. The fourth-order valence-corrected chi connectivity index (χ4v) is 2.17. The monoisotopic (exact) mass is 330 g/mol. The van der Waals surface area contributed by atoms with Crippen molar-refractivity contribution in [2.24, 2.45) is 5.92 Å².